The second-order valence-electron chi connectivity index (χ2n) is 3.67. The van der Waals surface area contributed by atoms with Gasteiger partial charge in [0.15, 0.2) is 0 Å². The van der Waals surface area contributed by atoms with Gasteiger partial charge in [-0.15, -0.1) is 0 Å². The predicted octanol–water partition coefficient (Wildman–Crippen LogP) is 0.320. The van der Waals surface area contributed by atoms with Gasteiger partial charge < -0.3 is 21.7 Å². The molecule has 0 spiro atoms. The summed E-state index contributed by atoms with van der Waals surface area (Å²) in [5.74, 6) is 0. The number of hydrogen-bond donors (Lipinski definition) is 4. The van der Waals surface area contributed by atoms with E-state index in [1.807, 2.05) is 19.1 Å². The summed E-state index contributed by atoms with van der Waals surface area (Å²) in [5.41, 5.74) is 13.0. The van der Waals surface area contributed by atoms with E-state index in [1.54, 1.807) is 6.07 Å². The third-order valence-corrected chi connectivity index (χ3v) is 2.48. The van der Waals surface area contributed by atoms with Crippen LogP contribution in [0, 0.1) is 6.92 Å². The molecule has 0 saturated heterocycles. The van der Waals surface area contributed by atoms with Gasteiger partial charge in [0.25, 0.3) is 0 Å². The van der Waals surface area contributed by atoms with E-state index in [1.165, 1.54) is 0 Å². The Balaban J connectivity index is 2.94. The fraction of sp³-hybridized carbons (Fsp3) is 0.455. The van der Waals surface area contributed by atoms with Crippen LogP contribution in [0.4, 0.5) is 5.69 Å². The number of aliphatic hydroxyl groups is 2. The fourth-order valence-electron chi connectivity index (χ4n) is 1.63. The van der Waals surface area contributed by atoms with Crippen molar-refractivity contribution in [1.29, 1.82) is 0 Å². The number of aliphatic hydroxyl groups excluding tert-OH is 2. The van der Waals surface area contributed by atoms with E-state index >= 15 is 0 Å². The van der Waals surface area contributed by atoms with Crippen molar-refractivity contribution in [3.8, 4) is 0 Å². The van der Waals surface area contributed by atoms with Crippen molar-refractivity contribution in [3.05, 3.63) is 29.3 Å². The zero-order chi connectivity index (χ0) is 11.4. The Hall–Kier alpha value is -1.10. The summed E-state index contributed by atoms with van der Waals surface area (Å²) in [7, 11) is 0. The first-order valence-corrected chi connectivity index (χ1v) is 4.99. The number of nitrogens with two attached hydrogens (primary N) is 2. The number of hydrogen-bond acceptors (Lipinski definition) is 4. The van der Waals surface area contributed by atoms with Gasteiger partial charge in [-0.3, -0.25) is 0 Å². The van der Waals surface area contributed by atoms with Crippen LogP contribution in [0.2, 0.25) is 0 Å². The zero-order valence-corrected chi connectivity index (χ0v) is 8.85. The second-order valence-corrected chi connectivity index (χ2v) is 3.67. The highest BCUT2D eigenvalue weighted by atomic mass is 16.3. The maximum Gasteiger partial charge on any atom is 0.107 e. The molecule has 2 unspecified atom stereocenters. The van der Waals surface area contributed by atoms with Gasteiger partial charge in [0.05, 0.1) is 6.10 Å². The van der Waals surface area contributed by atoms with Crippen molar-refractivity contribution in [1.82, 2.24) is 0 Å². The van der Waals surface area contributed by atoms with Crippen LogP contribution >= 0.6 is 0 Å². The summed E-state index contributed by atoms with van der Waals surface area (Å²) in [5, 5.41) is 19.5. The molecule has 0 aliphatic heterocycles. The zero-order valence-electron chi connectivity index (χ0n) is 8.85. The van der Waals surface area contributed by atoms with Crippen LogP contribution in [0.1, 0.15) is 23.7 Å². The molecular formula is C11H18N2O2. The van der Waals surface area contributed by atoms with E-state index in [0.717, 1.165) is 5.56 Å². The van der Waals surface area contributed by atoms with Gasteiger partial charge >= 0.3 is 0 Å². The van der Waals surface area contributed by atoms with E-state index in [0.29, 0.717) is 24.2 Å². The average molecular weight is 210 g/mol. The Morgan fingerprint density at radius 2 is 2.00 bits per heavy atom. The van der Waals surface area contributed by atoms with Gasteiger partial charge in [0, 0.05) is 11.3 Å². The van der Waals surface area contributed by atoms with E-state index < -0.39 is 12.2 Å². The molecule has 0 amide bonds. The Morgan fingerprint density at radius 1 is 1.33 bits per heavy atom. The highest BCUT2D eigenvalue weighted by Crippen LogP contribution is 2.27. The van der Waals surface area contributed by atoms with E-state index in [2.05, 4.69) is 0 Å². The predicted molar refractivity (Wildman–Crippen MR) is 60.2 cm³/mol. The lowest BCUT2D eigenvalue weighted by Gasteiger charge is -2.20. The Labute approximate surface area is 89.5 Å². The maximum atomic E-state index is 9.90. The summed E-state index contributed by atoms with van der Waals surface area (Å²) >= 11 is 0. The lowest BCUT2D eigenvalue weighted by atomic mass is 9.96. The molecule has 0 radical (unpaired) electrons. The number of anilines is 1. The normalized spacial score (nSPS) is 14.9. The second kappa shape index (κ2) is 5.11. The van der Waals surface area contributed by atoms with E-state index in [-0.39, 0.29) is 0 Å². The van der Waals surface area contributed by atoms with Gasteiger partial charge in [0.2, 0.25) is 0 Å². The first-order chi connectivity index (χ1) is 7.07. The molecule has 4 nitrogen and oxygen atoms in total. The minimum absolute atomic E-state index is 0.337. The smallest absolute Gasteiger partial charge is 0.107 e. The highest BCUT2D eigenvalue weighted by Gasteiger charge is 2.21. The Bertz CT molecular complexity index is 308. The van der Waals surface area contributed by atoms with Gasteiger partial charge in [0.1, 0.15) is 6.10 Å². The van der Waals surface area contributed by atoms with Gasteiger partial charge in [-0.25, -0.2) is 0 Å². The molecule has 0 saturated carbocycles. The monoisotopic (exact) mass is 210 g/mol. The highest BCUT2D eigenvalue weighted by molar-refractivity contribution is 5.52. The standard InChI is InChI=1S/C11H18N2O2/c1-7-3-2-4-8(13)10(7)11(15)9(14)5-6-12/h2-4,9,11,14-15H,5-6,12-13H2,1H3. The third-order valence-electron chi connectivity index (χ3n) is 2.48. The summed E-state index contributed by atoms with van der Waals surface area (Å²) in [6.07, 6.45) is -1.47. The molecule has 0 bridgehead atoms. The average Bonchev–Trinajstić information content (AvgIpc) is 2.17. The molecule has 1 rings (SSSR count). The molecule has 84 valence electrons. The van der Waals surface area contributed by atoms with E-state index in [9.17, 15) is 10.2 Å². The SMILES string of the molecule is Cc1cccc(N)c1C(O)C(O)CCN. The van der Waals surface area contributed by atoms with Crippen LogP contribution in [-0.2, 0) is 0 Å². The number of rotatable bonds is 4. The molecule has 15 heavy (non-hydrogen) atoms. The summed E-state index contributed by atoms with van der Waals surface area (Å²) in [6, 6.07) is 5.38. The fourth-order valence-corrected chi connectivity index (χ4v) is 1.63. The lowest BCUT2D eigenvalue weighted by Crippen LogP contribution is -2.23. The van der Waals surface area contributed by atoms with Crippen LogP contribution in [0.5, 0.6) is 0 Å². The summed E-state index contributed by atoms with van der Waals surface area (Å²) in [4.78, 5) is 0. The largest absolute Gasteiger partial charge is 0.398 e. The van der Waals surface area contributed by atoms with Crippen LogP contribution in [-0.4, -0.2) is 22.9 Å². The molecule has 0 aliphatic rings. The number of benzene rings is 1. The Kier molecular flexibility index (Phi) is 4.08. The van der Waals surface area contributed by atoms with Crippen molar-refractivity contribution in [2.45, 2.75) is 25.6 Å². The molecule has 2 atom stereocenters. The Morgan fingerprint density at radius 3 is 2.53 bits per heavy atom. The van der Waals surface area contributed by atoms with Gasteiger partial charge in [-0.2, -0.15) is 0 Å². The summed E-state index contributed by atoms with van der Waals surface area (Å²) < 4.78 is 0. The van der Waals surface area contributed by atoms with Crippen molar-refractivity contribution >= 4 is 5.69 Å². The number of aryl methyl sites for hydroxylation is 1. The third kappa shape index (κ3) is 2.68. The molecule has 0 fully saturated rings. The molecule has 1 aromatic rings. The lowest BCUT2D eigenvalue weighted by molar-refractivity contribution is 0.0151. The first kappa shape index (κ1) is 12.0. The maximum absolute atomic E-state index is 9.90. The van der Waals surface area contributed by atoms with Gasteiger partial charge in [-0.05, 0) is 31.5 Å². The first-order valence-electron chi connectivity index (χ1n) is 4.99. The molecule has 0 heterocycles. The molecule has 4 heteroatoms. The minimum Gasteiger partial charge on any atom is -0.398 e. The van der Waals surface area contributed by atoms with Crippen molar-refractivity contribution in [2.75, 3.05) is 12.3 Å². The van der Waals surface area contributed by atoms with Gasteiger partial charge in [-0.1, -0.05) is 12.1 Å². The van der Waals surface area contributed by atoms with Crippen molar-refractivity contribution < 1.29 is 10.2 Å². The molecule has 0 aromatic heterocycles. The van der Waals surface area contributed by atoms with Crippen LogP contribution in [0.3, 0.4) is 0 Å². The molecule has 0 aliphatic carbocycles. The van der Waals surface area contributed by atoms with Crippen LogP contribution in [0.15, 0.2) is 18.2 Å². The number of nitrogen functional groups attached to an aromatic ring is 1. The minimum atomic E-state index is -0.963. The van der Waals surface area contributed by atoms with Crippen LogP contribution in [0.25, 0.3) is 0 Å². The van der Waals surface area contributed by atoms with Crippen molar-refractivity contribution in [3.63, 3.8) is 0 Å². The van der Waals surface area contributed by atoms with Crippen LogP contribution < -0.4 is 11.5 Å². The van der Waals surface area contributed by atoms with Crippen molar-refractivity contribution in [2.24, 2.45) is 5.73 Å². The molecular weight excluding hydrogens is 192 g/mol. The van der Waals surface area contributed by atoms with E-state index in [4.69, 9.17) is 11.5 Å². The molecule has 6 N–H and O–H groups in total. The summed E-state index contributed by atoms with van der Waals surface area (Å²) in [6.45, 7) is 2.19. The topological polar surface area (TPSA) is 92.5 Å². The molecule has 1 aromatic carbocycles. The quantitative estimate of drug-likeness (QED) is 0.538.